The Hall–Kier alpha value is -1.33. The third-order valence-electron chi connectivity index (χ3n) is 3.82. The molecule has 3 rings (SSSR count). The Labute approximate surface area is 123 Å². The first-order valence-corrected chi connectivity index (χ1v) is 8.14. The van der Waals surface area contributed by atoms with Gasteiger partial charge in [0.1, 0.15) is 6.33 Å². The molecule has 1 atom stereocenters. The fourth-order valence-corrected chi connectivity index (χ4v) is 3.53. The molecule has 0 amide bonds. The maximum absolute atomic E-state index is 4.67. The van der Waals surface area contributed by atoms with Gasteiger partial charge in [-0.2, -0.15) is 0 Å². The third-order valence-corrected chi connectivity index (χ3v) is 4.86. The van der Waals surface area contributed by atoms with Crippen molar-refractivity contribution in [1.29, 1.82) is 0 Å². The van der Waals surface area contributed by atoms with Crippen molar-refractivity contribution in [2.24, 2.45) is 0 Å². The maximum atomic E-state index is 4.67. The van der Waals surface area contributed by atoms with Gasteiger partial charge < -0.3 is 0 Å². The molecular weight excluding hydrogens is 268 g/mol. The summed E-state index contributed by atoms with van der Waals surface area (Å²) in [6, 6.07) is 2.05. The Morgan fingerprint density at radius 2 is 2.40 bits per heavy atom. The van der Waals surface area contributed by atoms with E-state index < -0.39 is 0 Å². The van der Waals surface area contributed by atoms with Crippen LogP contribution in [0.2, 0.25) is 0 Å². The summed E-state index contributed by atoms with van der Waals surface area (Å²) in [6.45, 7) is 5.38. The minimum Gasteiger partial charge on any atom is -0.297 e. The van der Waals surface area contributed by atoms with Gasteiger partial charge in [-0.05, 0) is 31.9 Å². The second-order valence-corrected chi connectivity index (χ2v) is 6.24. The van der Waals surface area contributed by atoms with Gasteiger partial charge in [0.2, 0.25) is 0 Å². The first-order chi connectivity index (χ1) is 9.85. The Balaban J connectivity index is 1.63. The van der Waals surface area contributed by atoms with Crippen LogP contribution in [0.4, 0.5) is 0 Å². The lowest BCUT2D eigenvalue weighted by Gasteiger charge is -2.31. The summed E-state index contributed by atoms with van der Waals surface area (Å²) < 4.78 is 0. The number of hydrogen-bond donors (Lipinski definition) is 0. The molecule has 0 aliphatic carbocycles. The molecule has 20 heavy (non-hydrogen) atoms. The molecule has 0 aromatic carbocycles. The minimum absolute atomic E-state index is 0.538. The normalized spacial score (nSPS) is 20.1. The second-order valence-electron chi connectivity index (χ2n) is 5.29. The molecule has 2 aromatic heterocycles. The smallest absolute Gasteiger partial charge is 0.115 e. The summed E-state index contributed by atoms with van der Waals surface area (Å²) in [5.74, 6) is 0.538. The van der Waals surface area contributed by atoms with Crippen molar-refractivity contribution in [3.63, 3.8) is 0 Å². The first kappa shape index (κ1) is 13.6. The van der Waals surface area contributed by atoms with Gasteiger partial charge >= 0.3 is 0 Å². The fraction of sp³-hybridized carbons (Fsp3) is 0.533. The van der Waals surface area contributed by atoms with Crippen molar-refractivity contribution in [2.45, 2.75) is 38.6 Å². The van der Waals surface area contributed by atoms with Gasteiger partial charge in [0.25, 0.3) is 0 Å². The minimum atomic E-state index is 0.538. The molecule has 1 aliphatic heterocycles. The number of thiazole rings is 1. The first-order valence-electron chi connectivity index (χ1n) is 7.26. The highest BCUT2D eigenvalue weighted by atomic mass is 32.1. The van der Waals surface area contributed by atoms with Crippen LogP contribution in [0, 0.1) is 0 Å². The highest BCUT2D eigenvalue weighted by molar-refractivity contribution is 7.09. The number of piperidine rings is 1. The molecule has 0 unspecified atom stereocenters. The quantitative estimate of drug-likeness (QED) is 0.867. The highest BCUT2D eigenvalue weighted by Crippen LogP contribution is 2.26. The van der Waals surface area contributed by atoms with Crippen molar-refractivity contribution in [1.82, 2.24) is 19.9 Å². The fourth-order valence-electron chi connectivity index (χ4n) is 2.80. The predicted molar refractivity (Wildman–Crippen MR) is 80.8 cm³/mol. The monoisotopic (exact) mass is 288 g/mol. The van der Waals surface area contributed by atoms with Crippen LogP contribution >= 0.6 is 11.3 Å². The van der Waals surface area contributed by atoms with Crippen LogP contribution < -0.4 is 0 Å². The van der Waals surface area contributed by atoms with E-state index in [-0.39, 0.29) is 0 Å². The lowest BCUT2D eigenvalue weighted by molar-refractivity contribution is 0.196. The molecule has 2 aromatic rings. The average Bonchev–Trinajstić information content (AvgIpc) is 2.96. The third kappa shape index (κ3) is 3.22. The summed E-state index contributed by atoms with van der Waals surface area (Å²) in [5, 5.41) is 3.44. The summed E-state index contributed by atoms with van der Waals surface area (Å²) in [7, 11) is 0. The summed E-state index contributed by atoms with van der Waals surface area (Å²) in [4.78, 5) is 15.6. The zero-order valence-corrected chi connectivity index (χ0v) is 12.6. The molecule has 5 heteroatoms. The number of likely N-dealkylation sites (tertiary alicyclic amines) is 1. The molecule has 1 aliphatic rings. The van der Waals surface area contributed by atoms with E-state index in [0.717, 1.165) is 19.5 Å². The Morgan fingerprint density at radius 3 is 3.15 bits per heavy atom. The molecule has 1 saturated heterocycles. The maximum Gasteiger partial charge on any atom is 0.115 e. The molecule has 0 spiro atoms. The number of hydrogen-bond acceptors (Lipinski definition) is 5. The van der Waals surface area contributed by atoms with Crippen LogP contribution in [0.25, 0.3) is 0 Å². The number of nitrogens with zero attached hydrogens (tertiary/aromatic N) is 4. The molecule has 0 N–H and O–H groups in total. The molecule has 1 fully saturated rings. The van der Waals surface area contributed by atoms with Gasteiger partial charge in [-0.1, -0.05) is 6.92 Å². The van der Waals surface area contributed by atoms with Crippen molar-refractivity contribution in [2.75, 3.05) is 13.1 Å². The van der Waals surface area contributed by atoms with Crippen LogP contribution in [0.1, 0.15) is 42.1 Å². The van der Waals surface area contributed by atoms with Crippen LogP contribution in [0.15, 0.2) is 24.0 Å². The Morgan fingerprint density at radius 1 is 1.45 bits per heavy atom. The van der Waals surface area contributed by atoms with E-state index in [2.05, 4.69) is 32.2 Å². The molecule has 0 radical (unpaired) electrons. The predicted octanol–water partition coefficient (Wildman–Crippen LogP) is 2.88. The zero-order valence-electron chi connectivity index (χ0n) is 11.8. The standard InChI is InChI=1S/C15H20N4S/c1-2-15-18-13(10-20-15)9-19-7-3-4-12(8-19)14-5-6-16-11-17-14/h5-6,10-12H,2-4,7-9H2,1H3/t12-/m1/s1. The van der Waals surface area contributed by atoms with Crippen LogP contribution in [-0.2, 0) is 13.0 Å². The largest absolute Gasteiger partial charge is 0.297 e. The lowest BCUT2D eigenvalue weighted by atomic mass is 9.94. The van der Waals surface area contributed by atoms with E-state index in [4.69, 9.17) is 0 Å². The van der Waals surface area contributed by atoms with E-state index in [9.17, 15) is 0 Å². The van der Waals surface area contributed by atoms with E-state index >= 15 is 0 Å². The van der Waals surface area contributed by atoms with Crippen molar-refractivity contribution in [3.05, 3.63) is 40.4 Å². The summed E-state index contributed by atoms with van der Waals surface area (Å²) in [5.41, 5.74) is 2.40. The second kappa shape index (κ2) is 6.41. The van der Waals surface area contributed by atoms with E-state index in [1.54, 1.807) is 17.7 Å². The molecule has 0 bridgehead atoms. The van der Waals surface area contributed by atoms with E-state index in [1.807, 2.05) is 12.3 Å². The zero-order chi connectivity index (χ0) is 13.8. The average molecular weight is 288 g/mol. The number of rotatable bonds is 4. The van der Waals surface area contributed by atoms with Gasteiger partial charge in [0.15, 0.2) is 0 Å². The Bertz CT molecular complexity index is 540. The van der Waals surface area contributed by atoms with Crippen LogP contribution in [-0.4, -0.2) is 32.9 Å². The summed E-state index contributed by atoms with van der Waals surface area (Å²) >= 11 is 1.78. The Kier molecular flexibility index (Phi) is 4.38. The molecule has 4 nitrogen and oxygen atoms in total. The van der Waals surface area contributed by atoms with Crippen molar-refractivity contribution in [3.8, 4) is 0 Å². The van der Waals surface area contributed by atoms with Gasteiger partial charge in [0.05, 0.1) is 10.7 Å². The SMILES string of the molecule is CCc1nc(CN2CCC[C@@H](c3ccncn3)C2)cs1. The van der Waals surface area contributed by atoms with Crippen molar-refractivity contribution >= 4 is 11.3 Å². The van der Waals surface area contributed by atoms with Crippen molar-refractivity contribution < 1.29 is 0 Å². The molecule has 106 valence electrons. The topological polar surface area (TPSA) is 41.9 Å². The van der Waals surface area contributed by atoms with Gasteiger partial charge in [-0.25, -0.2) is 15.0 Å². The molecule has 3 heterocycles. The van der Waals surface area contributed by atoms with Gasteiger partial charge in [-0.15, -0.1) is 11.3 Å². The molecular formula is C15H20N4S. The van der Waals surface area contributed by atoms with E-state index in [0.29, 0.717) is 5.92 Å². The van der Waals surface area contributed by atoms with E-state index in [1.165, 1.54) is 35.8 Å². The molecule has 0 saturated carbocycles. The van der Waals surface area contributed by atoms with Gasteiger partial charge in [-0.3, -0.25) is 4.90 Å². The van der Waals surface area contributed by atoms with Gasteiger partial charge in [0, 0.05) is 36.3 Å². The summed E-state index contributed by atoms with van der Waals surface area (Å²) in [6.07, 6.45) is 7.00. The lowest BCUT2D eigenvalue weighted by Crippen LogP contribution is -2.34. The van der Waals surface area contributed by atoms with Crippen LogP contribution in [0.3, 0.4) is 0 Å². The number of aromatic nitrogens is 3. The number of aryl methyl sites for hydroxylation is 1. The van der Waals surface area contributed by atoms with Crippen LogP contribution in [0.5, 0.6) is 0 Å². The highest BCUT2D eigenvalue weighted by Gasteiger charge is 2.22.